The number of carbonyl (C=O) groups is 2. The Labute approximate surface area is 243 Å². The molecule has 4 aromatic rings. The highest BCUT2D eigenvalue weighted by atomic mass is 35.5. The van der Waals surface area contributed by atoms with Crippen molar-refractivity contribution in [2.45, 2.75) is 39.7 Å². The number of alkyl halides is 2. The van der Waals surface area contributed by atoms with Gasteiger partial charge in [-0.25, -0.2) is 33.1 Å². The van der Waals surface area contributed by atoms with E-state index in [1.54, 1.807) is 22.0 Å². The van der Waals surface area contributed by atoms with E-state index in [-0.39, 0.29) is 40.0 Å². The average Bonchev–Trinajstić information content (AvgIpc) is 3.45. The van der Waals surface area contributed by atoms with E-state index >= 15 is 0 Å². The maximum absolute atomic E-state index is 14.7. The first-order chi connectivity index (χ1) is 20.0. The summed E-state index contributed by atoms with van der Waals surface area (Å²) < 4.78 is 43.3. The second-order valence-electron chi connectivity index (χ2n) is 10.4. The van der Waals surface area contributed by atoms with Crippen LogP contribution in [0.5, 0.6) is 0 Å². The Hall–Kier alpha value is -4.39. The topological polar surface area (TPSA) is 119 Å². The van der Waals surface area contributed by atoms with Crippen LogP contribution in [-0.2, 0) is 4.79 Å². The van der Waals surface area contributed by atoms with E-state index in [0.29, 0.717) is 35.4 Å². The molecule has 2 amide bonds. The highest BCUT2D eigenvalue weighted by Gasteiger charge is 2.52. The van der Waals surface area contributed by atoms with Gasteiger partial charge in [0.1, 0.15) is 11.7 Å². The zero-order valence-corrected chi connectivity index (χ0v) is 23.4. The van der Waals surface area contributed by atoms with Crippen LogP contribution in [0.4, 0.5) is 24.5 Å². The molecule has 216 valence electrons. The van der Waals surface area contributed by atoms with Gasteiger partial charge in [0.25, 0.3) is 12.3 Å². The van der Waals surface area contributed by atoms with E-state index in [1.807, 2.05) is 13.8 Å². The standard InChI is InChI=1S/C28H24ClF3N8O2/c1-12-21(39-10-15-6-18(15)28(39)42)9-34-26(37-12)14(3)40-11-16(7-35-40)38-27(41)24-13(2)36-20(8-33-24)22-17(25(31)32)4-5-19(29)23(22)30/h4-5,7-9,11,14-15,18,25H,6,10H2,1-3H3,(H,38,41)/t14-,15+,18+/m0/s1. The molecule has 42 heavy (non-hydrogen) atoms. The highest BCUT2D eigenvalue weighted by molar-refractivity contribution is 6.31. The zero-order valence-electron chi connectivity index (χ0n) is 22.6. The summed E-state index contributed by atoms with van der Waals surface area (Å²) in [5.74, 6) is -0.476. The SMILES string of the molecule is Cc1nc([C@H](C)n2cc(NC(=O)c3ncc(-c4c(C(F)F)ccc(Cl)c4F)nc3C)cn2)ncc1N1C[C@H]2C[C@H]2C1=O. The molecule has 1 N–H and O–H groups in total. The monoisotopic (exact) mass is 596 g/mol. The van der Waals surface area contributed by atoms with Crippen LogP contribution in [0.15, 0.2) is 36.9 Å². The fourth-order valence-electron chi connectivity index (χ4n) is 5.19. The minimum atomic E-state index is -2.97. The number of piperidine rings is 1. The fourth-order valence-corrected chi connectivity index (χ4v) is 5.35. The Morgan fingerprint density at radius 3 is 2.57 bits per heavy atom. The Bertz CT molecular complexity index is 1750. The van der Waals surface area contributed by atoms with Crippen LogP contribution in [0.2, 0.25) is 5.02 Å². The number of nitrogens with zero attached hydrogens (tertiary/aromatic N) is 7. The third-order valence-corrected chi connectivity index (χ3v) is 7.89. The minimum absolute atomic E-state index is 0.0794. The quantitative estimate of drug-likeness (QED) is 0.307. The predicted octanol–water partition coefficient (Wildman–Crippen LogP) is 5.32. The molecule has 1 aliphatic carbocycles. The van der Waals surface area contributed by atoms with Crippen LogP contribution < -0.4 is 10.2 Å². The number of anilines is 2. The predicted molar refractivity (Wildman–Crippen MR) is 147 cm³/mol. The number of hydrogen-bond donors (Lipinski definition) is 1. The highest BCUT2D eigenvalue weighted by Crippen LogP contribution is 2.47. The molecule has 1 saturated carbocycles. The summed E-state index contributed by atoms with van der Waals surface area (Å²) in [5.41, 5.74) is 0.554. The van der Waals surface area contributed by atoms with E-state index in [1.165, 1.54) is 13.1 Å². The first kappa shape index (κ1) is 27.8. The molecule has 6 rings (SSSR count). The molecule has 1 aliphatic heterocycles. The lowest BCUT2D eigenvalue weighted by molar-refractivity contribution is -0.118. The number of aryl methyl sites for hydroxylation is 2. The van der Waals surface area contributed by atoms with Crippen molar-refractivity contribution in [2.75, 3.05) is 16.8 Å². The molecular formula is C28H24ClF3N8O2. The van der Waals surface area contributed by atoms with Crippen molar-refractivity contribution in [3.05, 3.63) is 76.2 Å². The van der Waals surface area contributed by atoms with Gasteiger partial charge < -0.3 is 10.2 Å². The van der Waals surface area contributed by atoms with Crippen LogP contribution in [-0.4, -0.2) is 48.1 Å². The van der Waals surface area contributed by atoms with Gasteiger partial charge in [0.05, 0.1) is 52.1 Å². The summed E-state index contributed by atoms with van der Waals surface area (Å²) >= 11 is 5.81. The molecule has 1 aromatic carbocycles. The van der Waals surface area contributed by atoms with E-state index in [0.717, 1.165) is 24.8 Å². The zero-order chi connectivity index (χ0) is 29.9. The van der Waals surface area contributed by atoms with E-state index in [4.69, 9.17) is 11.6 Å². The van der Waals surface area contributed by atoms with Gasteiger partial charge in [-0.1, -0.05) is 17.7 Å². The van der Waals surface area contributed by atoms with Crippen LogP contribution >= 0.6 is 11.6 Å². The molecule has 10 nitrogen and oxygen atoms in total. The Balaban J connectivity index is 1.17. The molecule has 1 saturated heterocycles. The van der Waals surface area contributed by atoms with Crippen LogP contribution in [0.1, 0.15) is 59.1 Å². The van der Waals surface area contributed by atoms with Gasteiger partial charge in [0.15, 0.2) is 11.6 Å². The Kier molecular flexibility index (Phi) is 6.92. The molecule has 0 bridgehead atoms. The summed E-state index contributed by atoms with van der Waals surface area (Å²) in [6.45, 7) is 5.85. The fraction of sp³-hybridized carbons (Fsp3) is 0.321. The number of nitrogens with one attached hydrogen (secondary N) is 1. The summed E-state index contributed by atoms with van der Waals surface area (Å²) in [6, 6.07) is 1.69. The third kappa shape index (κ3) is 4.87. The van der Waals surface area contributed by atoms with Gasteiger partial charge in [-0.05, 0) is 39.2 Å². The first-order valence-corrected chi connectivity index (χ1v) is 13.5. The van der Waals surface area contributed by atoms with Crippen molar-refractivity contribution in [3.8, 4) is 11.3 Å². The molecule has 0 radical (unpaired) electrons. The first-order valence-electron chi connectivity index (χ1n) is 13.1. The second kappa shape index (κ2) is 10.5. The van der Waals surface area contributed by atoms with Crippen molar-refractivity contribution >= 4 is 34.8 Å². The minimum Gasteiger partial charge on any atom is -0.318 e. The van der Waals surface area contributed by atoms with Crippen LogP contribution in [0.3, 0.4) is 0 Å². The molecule has 4 heterocycles. The summed E-state index contributed by atoms with van der Waals surface area (Å²) in [5, 5.41) is 6.66. The van der Waals surface area contributed by atoms with Gasteiger partial charge in [0.2, 0.25) is 5.91 Å². The van der Waals surface area contributed by atoms with Crippen molar-refractivity contribution in [1.82, 2.24) is 29.7 Å². The lowest BCUT2D eigenvalue weighted by Crippen LogP contribution is -2.29. The number of aromatic nitrogens is 6. The molecule has 3 atom stereocenters. The maximum atomic E-state index is 14.7. The number of fused-ring (bicyclic) bond motifs is 1. The number of amides is 2. The van der Waals surface area contributed by atoms with Gasteiger partial charge in [0, 0.05) is 29.8 Å². The van der Waals surface area contributed by atoms with Crippen molar-refractivity contribution in [1.29, 1.82) is 0 Å². The van der Waals surface area contributed by atoms with Gasteiger partial charge in [-0.15, -0.1) is 0 Å². The van der Waals surface area contributed by atoms with Gasteiger partial charge in [-0.2, -0.15) is 5.10 Å². The van der Waals surface area contributed by atoms with Crippen molar-refractivity contribution < 1.29 is 22.8 Å². The Morgan fingerprint density at radius 2 is 1.90 bits per heavy atom. The summed E-state index contributed by atoms with van der Waals surface area (Å²) in [4.78, 5) is 44.5. The van der Waals surface area contributed by atoms with Crippen LogP contribution in [0.25, 0.3) is 11.3 Å². The molecule has 3 aromatic heterocycles. The number of halogens is 4. The van der Waals surface area contributed by atoms with Gasteiger partial charge in [-0.3, -0.25) is 14.3 Å². The molecule has 2 fully saturated rings. The van der Waals surface area contributed by atoms with Gasteiger partial charge >= 0.3 is 0 Å². The molecular weight excluding hydrogens is 573 g/mol. The Morgan fingerprint density at radius 1 is 1.12 bits per heavy atom. The number of rotatable bonds is 7. The molecule has 0 unspecified atom stereocenters. The molecule has 0 spiro atoms. The smallest absolute Gasteiger partial charge is 0.276 e. The van der Waals surface area contributed by atoms with Crippen molar-refractivity contribution in [2.24, 2.45) is 11.8 Å². The lowest BCUT2D eigenvalue weighted by Gasteiger charge is -2.20. The normalized spacial score (nSPS) is 18.4. The van der Waals surface area contributed by atoms with E-state index in [9.17, 15) is 22.8 Å². The van der Waals surface area contributed by atoms with Crippen LogP contribution in [0, 0.1) is 31.5 Å². The average molecular weight is 597 g/mol. The van der Waals surface area contributed by atoms with E-state index in [2.05, 4.69) is 30.4 Å². The molecule has 2 aliphatic rings. The maximum Gasteiger partial charge on any atom is 0.276 e. The summed E-state index contributed by atoms with van der Waals surface area (Å²) in [6.07, 6.45) is 3.75. The number of benzene rings is 1. The number of carbonyl (C=O) groups excluding carboxylic acids is 2. The molecule has 14 heteroatoms. The lowest BCUT2D eigenvalue weighted by atomic mass is 10.0. The van der Waals surface area contributed by atoms with Crippen molar-refractivity contribution in [3.63, 3.8) is 0 Å². The number of hydrogen-bond acceptors (Lipinski definition) is 7. The largest absolute Gasteiger partial charge is 0.318 e. The van der Waals surface area contributed by atoms with E-state index < -0.39 is 29.3 Å². The second-order valence-corrected chi connectivity index (χ2v) is 10.8. The summed E-state index contributed by atoms with van der Waals surface area (Å²) in [7, 11) is 0. The third-order valence-electron chi connectivity index (χ3n) is 7.60.